The van der Waals surface area contributed by atoms with E-state index in [1.807, 2.05) is 12.3 Å². The number of nitriles is 1. The highest BCUT2D eigenvalue weighted by atomic mass is 35.5. The topological polar surface area (TPSA) is 36.7 Å². The van der Waals surface area contributed by atoms with Crippen molar-refractivity contribution in [2.75, 3.05) is 0 Å². The molecular weight excluding hydrogens is 216 g/mol. The maximum atomic E-state index is 8.65. The summed E-state index contributed by atoms with van der Waals surface area (Å²) in [6.45, 7) is 2.00. The third kappa shape index (κ3) is 1.37. The third-order valence-electron chi connectivity index (χ3n) is 2.08. The number of pyridine rings is 1. The summed E-state index contributed by atoms with van der Waals surface area (Å²) in [4.78, 5) is 4.08. The fourth-order valence-electron chi connectivity index (χ4n) is 1.41. The molecule has 0 saturated heterocycles. The highest BCUT2D eigenvalue weighted by Crippen LogP contribution is 2.32. The zero-order chi connectivity index (χ0) is 10.1. The maximum Gasteiger partial charge on any atom is 0.137 e. The summed E-state index contributed by atoms with van der Waals surface area (Å²) in [6.07, 6.45) is 2.07. The second-order valence-electron chi connectivity index (χ2n) is 3.03. The molecule has 0 bridgehead atoms. The van der Waals surface area contributed by atoms with Crippen LogP contribution in [-0.2, 0) is 6.42 Å². The first-order valence-electron chi connectivity index (χ1n) is 4.12. The molecule has 0 saturated carbocycles. The Balaban J connectivity index is 2.78. The molecule has 2 rings (SSSR count). The molecular formula is C10H7ClN2S. The normalized spacial score (nSPS) is 10.4. The molecule has 2 aromatic rings. The Bertz CT molecular complexity index is 525. The Morgan fingerprint density at radius 2 is 2.43 bits per heavy atom. The number of aromatic nitrogens is 1. The lowest BCUT2D eigenvalue weighted by atomic mass is 10.1. The molecule has 0 atom stereocenters. The van der Waals surface area contributed by atoms with Gasteiger partial charge in [0.05, 0.1) is 12.5 Å². The molecule has 2 nitrogen and oxygen atoms in total. The SMILES string of the molecule is Cc1csc2c(CC#N)cnc(Cl)c12. The minimum Gasteiger partial charge on any atom is -0.243 e. The van der Waals surface area contributed by atoms with Crippen molar-refractivity contribution in [3.8, 4) is 6.07 Å². The Morgan fingerprint density at radius 1 is 1.64 bits per heavy atom. The molecule has 0 aliphatic rings. The number of aryl methyl sites for hydroxylation is 1. The molecule has 0 radical (unpaired) electrons. The van der Waals surface area contributed by atoms with Gasteiger partial charge in [-0.3, -0.25) is 0 Å². The second-order valence-corrected chi connectivity index (χ2v) is 4.27. The minimum absolute atomic E-state index is 0.390. The van der Waals surface area contributed by atoms with Crippen molar-refractivity contribution in [2.24, 2.45) is 0 Å². The molecule has 0 aromatic carbocycles. The van der Waals surface area contributed by atoms with Crippen LogP contribution in [0.3, 0.4) is 0 Å². The van der Waals surface area contributed by atoms with Crippen LogP contribution in [0.2, 0.25) is 5.15 Å². The van der Waals surface area contributed by atoms with Crippen LogP contribution < -0.4 is 0 Å². The van der Waals surface area contributed by atoms with Crippen LogP contribution in [0.1, 0.15) is 11.1 Å². The molecule has 0 aliphatic heterocycles. The van der Waals surface area contributed by atoms with Gasteiger partial charge in [0.1, 0.15) is 5.15 Å². The Hall–Kier alpha value is -1.11. The first-order valence-corrected chi connectivity index (χ1v) is 5.38. The number of thiophene rings is 1. The van der Waals surface area contributed by atoms with Gasteiger partial charge in [-0.05, 0) is 17.9 Å². The van der Waals surface area contributed by atoms with E-state index in [0.717, 1.165) is 21.2 Å². The highest BCUT2D eigenvalue weighted by molar-refractivity contribution is 7.17. The number of nitrogens with zero attached hydrogens (tertiary/aromatic N) is 2. The van der Waals surface area contributed by atoms with Gasteiger partial charge in [0.2, 0.25) is 0 Å². The van der Waals surface area contributed by atoms with Gasteiger partial charge in [0.15, 0.2) is 0 Å². The highest BCUT2D eigenvalue weighted by Gasteiger charge is 2.09. The van der Waals surface area contributed by atoms with Crippen LogP contribution in [0.4, 0.5) is 0 Å². The van der Waals surface area contributed by atoms with Crippen LogP contribution in [-0.4, -0.2) is 4.98 Å². The zero-order valence-electron chi connectivity index (χ0n) is 7.54. The van der Waals surface area contributed by atoms with Gasteiger partial charge in [0, 0.05) is 21.8 Å². The van der Waals surface area contributed by atoms with Gasteiger partial charge in [-0.2, -0.15) is 5.26 Å². The fraction of sp³-hybridized carbons (Fsp3) is 0.200. The molecule has 2 heterocycles. The lowest BCUT2D eigenvalue weighted by molar-refractivity contribution is 1.23. The third-order valence-corrected chi connectivity index (χ3v) is 3.54. The summed E-state index contributed by atoms with van der Waals surface area (Å²) in [7, 11) is 0. The molecule has 0 aliphatic carbocycles. The largest absolute Gasteiger partial charge is 0.243 e. The summed E-state index contributed by atoms with van der Waals surface area (Å²) in [5, 5.41) is 12.2. The predicted molar refractivity (Wildman–Crippen MR) is 58.7 cm³/mol. The molecule has 2 aromatic heterocycles. The van der Waals surface area contributed by atoms with Gasteiger partial charge in [0.25, 0.3) is 0 Å². The standard InChI is InChI=1S/C10H7ClN2S/c1-6-5-14-9-7(2-3-12)4-13-10(11)8(6)9/h4-5H,2H2,1H3. The maximum absolute atomic E-state index is 8.65. The van der Waals surface area contributed by atoms with Gasteiger partial charge >= 0.3 is 0 Å². The van der Waals surface area contributed by atoms with Gasteiger partial charge in [-0.25, -0.2) is 4.98 Å². The molecule has 14 heavy (non-hydrogen) atoms. The van der Waals surface area contributed by atoms with E-state index in [0.29, 0.717) is 11.6 Å². The van der Waals surface area contributed by atoms with E-state index in [1.165, 1.54) is 0 Å². The van der Waals surface area contributed by atoms with Gasteiger partial charge in [-0.1, -0.05) is 11.6 Å². The van der Waals surface area contributed by atoms with E-state index in [-0.39, 0.29) is 0 Å². The first kappa shape index (κ1) is 9.45. The Morgan fingerprint density at radius 3 is 3.14 bits per heavy atom. The van der Waals surface area contributed by atoms with Crippen molar-refractivity contribution >= 4 is 33.0 Å². The first-order chi connectivity index (χ1) is 6.74. The average Bonchev–Trinajstić information content (AvgIpc) is 2.54. The van der Waals surface area contributed by atoms with Crippen LogP contribution in [0, 0.1) is 18.3 Å². The van der Waals surface area contributed by atoms with Crippen molar-refractivity contribution in [2.45, 2.75) is 13.3 Å². The number of hydrogen-bond acceptors (Lipinski definition) is 3. The summed E-state index contributed by atoms with van der Waals surface area (Å²) < 4.78 is 1.09. The Labute approximate surface area is 90.8 Å². The van der Waals surface area contributed by atoms with Crippen molar-refractivity contribution in [1.29, 1.82) is 5.26 Å². The summed E-state index contributed by atoms with van der Waals surface area (Å²) in [5.41, 5.74) is 2.09. The average molecular weight is 223 g/mol. The predicted octanol–water partition coefficient (Wildman–Crippen LogP) is 3.32. The van der Waals surface area contributed by atoms with Crippen molar-refractivity contribution < 1.29 is 0 Å². The lowest BCUT2D eigenvalue weighted by Gasteiger charge is -1.99. The van der Waals surface area contributed by atoms with Crippen molar-refractivity contribution in [1.82, 2.24) is 4.98 Å². The van der Waals surface area contributed by atoms with E-state index >= 15 is 0 Å². The molecule has 0 N–H and O–H groups in total. The number of halogens is 1. The molecule has 0 amide bonds. The summed E-state index contributed by atoms with van der Waals surface area (Å²) in [6, 6.07) is 2.13. The molecule has 0 fully saturated rings. The van der Waals surface area contributed by atoms with E-state index < -0.39 is 0 Å². The smallest absolute Gasteiger partial charge is 0.137 e. The zero-order valence-corrected chi connectivity index (χ0v) is 9.11. The quantitative estimate of drug-likeness (QED) is 0.694. The van der Waals surface area contributed by atoms with Crippen LogP contribution in [0.5, 0.6) is 0 Å². The van der Waals surface area contributed by atoms with Crippen molar-refractivity contribution in [3.05, 3.63) is 27.9 Å². The number of rotatable bonds is 1. The van der Waals surface area contributed by atoms with E-state index in [1.54, 1.807) is 17.5 Å². The van der Waals surface area contributed by atoms with Gasteiger partial charge in [-0.15, -0.1) is 11.3 Å². The minimum atomic E-state index is 0.390. The van der Waals surface area contributed by atoms with Crippen molar-refractivity contribution in [3.63, 3.8) is 0 Å². The van der Waals surface area contributed by atoms with E-state index in [9.17, 15) is 0 Å². The molecule has 4 heteroatoms. The number of hydrogen-bond donors (Lipinski definition) is 0. The van der Waals surface area contributed by atoms with Gasteiger partial charge < -0.3 is 0 Å². The van der Waals surface area contributed by atoms with Crippen LogP contribution >= 0.6 is 22.9 Å². The lowest BCUT2D eigenvalue weighted by Crippen LogP contribution is -1.86. The Kier molecular flexibility index (Phi) is 2.40. The molecule has 0 spiro atoms. The number of fused-ring (bicyclic) bond motifs is 1. The van der Waals surface area contributed by atoms with E-state index in [2.05, 4.69) is 11.1 Å². The summed E-state index contributed by atoms with van der Waals surface area (Å²) in [5.74, 6) is 0. The fourth-order valence-corrected chi connectivity index (χ4v) is 2.82. The van der Waals surface area contributed by atoms with Crippen LogP contribution in [0.25, 0.3) is 10.1 Å². The molecule has 0 unspecified atom stereocenters. The monoisotopic (exact) mass is 222 g/mol. The van der Waals surface area contributed by atoms with E-state index in [4.69, 9.17) is 16.9 Å². The van der Waals surface area contributed by atoms with Crippen LogP contribution in [0.15, 0.2) is 11.6 Å². The summed E-state index contributed by atoms with van der Waals surface area (Å²) >= 11 is 7.61. The molecule has 70 valence electrons. The second kappa shape index (κ2) is 3.56.